The number of terminal acetylenes is 1. The zero-order valence-corrected chi connectivity index (χ0v) is 9.69. The Morgan fingerprint density at radius 2 is 2.18 bits per heavy atom. The summed E-state index contributed by atoms with van der Waals surface area (Å²) in [5.41, 5.74) is 0.753. The van der Waals surface area contributed by atoms with Crippen LogP contribution in [0.3, 0.4) is 0 Å². The molecule has 2 N–H and O–H groups in total. The lowest BCUT2D eigenvalue weighted by atomic mass is 10.1. The first kappa shape index (κ1) is 11.6. The number of nitrogens with one attached hydrogen (secondary N) is 1. The van der Waals surface area contributed by atoms with Crippen molar-refractivity contribution in [2.45, 2.75) is 25.9 Å². The maximum Gasteiger partial charge on any atom is 0.231 e. The van der Waals surface area contributed by atoms with Gasteiger partial charge in [-0.2, -0.15) is 0 Å². The summed E-state index contributed by atoms with van der Waals surface area (Å²) in [5.74, 6) is 4.07. The zero-order chi connectivity index (χ0) is 12.3. The van der Waals surface area contributed by atoms with Gasteiger partial charge in [-0.1, -0.05) is 12.8 Å². The minimum absolute atomic E-state index is 0.0137. The van der Waals surface area contributed by atoms with Crippen molar-refractivity contribution in [3.8, 4) is 29.6 Å². The third kappa shape index (κ3) is 2.45. The highest BCUT2D eigenvalue weighted by Crippen LogP contribution is 2.37. The molecule has 1 atom stereocenters. The zero-order valence-electron chi connectivity index (χ0n) is 9.69. The molecule has 1 aliphatic rings. The number of benzene rings is 1. The number of fused-ring (bicyclic) bond motifs is 1. The summed E-state index contributed by atoms with van der Waals surface area (Å²) in [6.45, 7) is 2.72. The topological polar surface area (TPSA) is 50.7 Å². The Kier molecular flexibility index (Phi) is 3.40. The first-order chi connectivity index (χ1) is 8.24. The molecule has 90 valence electrons. The normalized spacial score (nSPS) is 14.4. The SMILES string of the molecule is C#CC(CC)NCc1cc2c(cc1O)OCO2. The van der Waals surface area contributed by atoms with E-state index in [2.05, 4.69) is 11.2 Å². The summed E-state index contributed by atoms with van der Waals surface area (Å²) in [7, 11) is 0. The van der Waals surface area contributed by atoms with E-state index in [-0.39, 0.29) is 18.6 Å². The van der Waals surface area contributed by atoms with Crippen LogP contribution in [0.25, 0.3) is 0 Å². The molecule has 0 bridgehead atoms. The Hall–Kier alpha value is -1.86. The lowest BCUT2D eigenvalue weighted by Crippen LogP contribution is -2.26. The molecule has 1 aliphatic heterocycles. The van der Waals surface area contributed by atoms with E-state index in [1.165, 1.54) is 0 Å². The Bertz CT molecular complexity index is 451. The minimum atomic E-state index is 0.0137. The van der Waals surface area contributed by atoms with Gasteiger partial charge in [0, 0.05) is 18.2 Å². The van der Waals surface area contributed by atoms with Crippen LogP contribution in [0.15, 0.2) is 12.1 Å². The van der Waals surface area contributed by atoms with Gasteiger partial charge in [-0.05, 0) is 12.5 Å². The largest absolute Gasteiger partial charge is 0.507 e. The summed E-state index contributed by atoms with van der Waals surface area (Å²) >= 11 is 0. The number of hydrogen-bond acceptors (Lipinski definition) is 4. The fourth-order valence-corrected chi connectivity index (χ4v) is 1.67. The smallest absolute Gasteiger partial charge is 0.231 e. The van der Waals surface area contributed by atoms with Gasteiger partial charge < -0.3 is 14.6 Å². The summed E-state index contributed by atoms with van der Waals surface area (Å²) < 4.78 is 10.4. The molecule has 0 fully saturated rings. The monoisotopic (exact) mass is 233 g/mol. The molecule has 0 radical (unpaired) electrons. The number of rotatable bonds is 4. The predicted molar refractivity (Wildman–Crippen MR) is 64.0 cm³/mol. The lowest BCUT2D eigenvalue weighted by molar-refractivity contribution is 0.174. The third-order valence-corrected chi connectivity index (χ3v) is 2.72. The van der Waals surface area contributed by atoms with Crippen molar-refractivity contribution in [3.63, 3.8) is 0 Å². The van der Waals surface area contributed by atoms with Crippen molar-refractivity contribution in [2.75, 3.05) is 6.79 Å². The predicted octanol–water partition coefficient (Wildman–Crippen LogP) is 1.62. The van der Waals surface area contributed by atoms with E-state index in [1.807, 2.05) is 6.92 Å². The molecule has 1 aromatic carbocycles. The quantitative estimate of drug-likeness (QED) is 0.776. The van der Waals surface area contributed by atoms with Crippen LogP contribution in [-0.2, 0) is 6.54 Å². The fourth-order valence-electron chi connectivity index (χ4n) is 1.67. The molecule has 0 spiro atoms. The highest BCUT2D eigenvalue weighted by atomic mass is 16.7. The maximum absolute atomic E-state index is 9.81. The van der Waals surface area contributed by atoms with E-state index in [0.29, 0.717) is 18.0 Å². The van der Waals surface area contributed by atoms with Gasteiger partial charge in [0.1, 0.15) is 5.75 Å². The average Bonchev–Trinajstić information content (AvgIpc) is 2.77. The Morgan fingerprint density at radius 3 is 2.82 bits per heavy atom. The Balaban J connectivity index is 2.09. The van der Waals surface area contributed by atoms with Crippen LogP contribution in [0.2, 0.25) is 0 Å². The molecular formula is C13H15NO3. The molecule has 1 unspecified atom stereocenters. The van der Waals surface area contributed by atoms with Crippen molar-refractivity contribution in [1.29, 1.82) is 0 Å². The van der Waals surface area contributed by atoms with Gasteiger partial charge in [0.2, 0.25) is 6.79 Å². The number of hydrogen-bond donors (Lipinski definition) is 2. The van der Waals surface area contributed by atoms with Crippen LogP contribution in [0.5, 0.6) is 17.2 Å². The van der Waals surface area contributed by atoms with E-state index in [1.54, 1.807) is 12.1 Å². The summed E-state index contributed by atoms with van der Waals surface area (Å²) in [4.78, 5) is 0. The summed E-state index contributed by atoms with van der Waals surface area (Å²) in [5, 5.41) is 13.0. The number of ether oxygens (including phenoxy) is 2. The van der Waals surface area contributed by atoms with Crippen LogP contribution in [0, 0.1) is 12.3 Å². The number of aromatic hydroxyl groups is 1. The highest BCUT2D eigenvalue weighted by Gasteiger charge is 2.17. The van der Waals surface area contributed by atoms with Crippen LogP contribution < -0.4 is 14.8 Å². The van der Waals surface area contributed by atoms with Crippen molar-refractivity contribution in [1.82, 2.24) is 5.32 Å². The molecule has 1 aromatic rings. The second-order valence-electron chi connectivity index (χ2n) is 3.84. The van der Waals surface area contributed by atoms with E-state index in [9.17, 15) is 5.11 Å². The molecule has 0 saturated heterocycles. The molecule has 4 heteroatoms. The van der Waals surface area contributed by atoms with Crippen LogP contribution in [-0.4, -0.2) is 17.9 Å². The Labute approximate surface area is 101 Å². The van der Waals surface area contributed by atoms with Crippen molar-refractivity contribution in [3.05, 3.63) is 17.7 Å². The van der Waals surface area contributed by atoms with Gasteiger partial charge in [0.25, 0.3) is 0 Å². The molecule has 4 nitrogen and oxygen atoms in total. The van der Waals surface area contributed by atoms with Gasteiger partial charge in [-0.3, -0.25) is 5.32 Å². The molecular weight excluding hydrogens is 218 g/mol. The molecule has 0 amide bonds. The molecule has 0 aliphatic carbocycles. The summed E-state index contributed by atoms with van der Waals surface area (Å²) in [6, 6.07) is 3.35. The van der Waals surface area contributed by atoms with E-state index in [4.69, 9.17) is 15.9 Å². The maximum atomic E-state index is 9.81. The van der Waals surface area contributed by atoms with Crippen LogP contribution >= 0.6 is 0 Å². The molecule has 17 heavy (non-hydrogen) atoms. The second kappa shape index (κ2) is 4.98. The van der Waals surface area contributed by atoms with Gasteiger partial charge in [-0.25, -0.2) is 0 Å². The first-order valence-electron chi connectivity index (χ1n) is 5.55. The van der Waals surface area contributed by atoms with Gasteiger partial charge >= 0.3 is 0 Å². The Morgan fingerprint density at radius 1 is 1.47 bits per heavy atom. The van der Waals surface area contributed by atoms with Crippen molar-refractivity contribution < 1.29 is 14.6 Å². The molecule has 0 aromatic heterocycles. The van der Waals surface area contributed by atoms with Gasteiger partial charge in [-0.15, -0.1) is 6.42 Å². The van der Waals surface area contributed by atoms with E-state index in [0.717, 1.165) is 12.0 Å². The molecule has 2 rings (SSSR count). The average molecular weight is 233 g/mol. The van der Waals surface area contributed by atoms with Crippen molar-refractivity contribution >= 4 is 0 Å². The highest BCUT2D eigenvalue weighted by molar-refractivity contribution is 5.51. The lowest BCUT2D eigenvalue weighted by Gasteiger charge is -2.12. The van der Waals surface area contributed by atoms with Crippen molar-refractivity contribution in [2.24, 2.45) is 0 Å². The van der Waals surface area contributed by atoms with E-state index >= 15 is 0 Å². The second-order valence-corrected chi connectivity index (χ2v) is 3.84. The molecule has 0 saturated carbocycles. The molecule has 1 heterocycles. The van der Waals surface area contributed by atoms with Gasteiger partial charge in [0.15, 0.2) is 11.5 Å². The van der Waals surface area contributed by atoms with Crippen LogP contribution in [0.1, 0.15) is 18.9 Å². The van der Waals surface area contributed by atoms with E-state index < -0.39 is 0 Å². The fraction of sp³-hybridized carbons (Fsp3) is 0.385. The number of phenols is 1. The third-order valence-electron chi connectivity index (χ3n) is 2.72. The minimum Gasteiger partial charge on any atom is -0.507 e. The van der Waals surface area contributed by atoms with Gasteiger partial charge in [0.05, 0.1) is 6.04 Å². The first-order valence-corrected chi connectivity index (χ1v) is 5.55. The standard InChI is InChI=1S/C13H15NO3/c1-3-10(4-2)14-7-9-5-12-13(6-11(9)15)17-8-16-12/h1,5-6,10,14-15H,4,7-8H2,2H3. The summed E-state index contributed by atoms with van der Waals surface area (Å²) in [6.07, 6.45) is 6.21. The number of phenolic OH excluding ortho intramolecular Hbond substituents is 1. The van der Waals surface area contributed by atoms with Crippen LogP contribution in [0.4, 0.5) is 0 Å².